The van der Waals surface area contributed by atoms with Crippen LogP contribution in [0.4, 0.5) is 0 Å². The zero-order valence-electron chi connectivity index (χ0n) is 15.8. The van der Waals surface area contributed by atoms with Crippen molar-refractivity contribution in [3.63, 3.8) is 0 Å². The van der Waals surface area contributed by atoms with Crippen LogP contribution in [0.2, 0.25) is 0 Å². The van der Waals surface area contributed by atoms with E-state index in [2.05, 4.69) is 30.6 Å². The van der Waals surface area contributed by atoms with Crippen molar-refractivity contribution in [2.75, 3.05) is 79.0 Å². The first kappa shape index (κ1) is 29.3. The zero-order chi connectivity index (χ0) is 20.6. The Morgan fingerprint density at radius 1 is 0.448 bits per heavy atom. The van der Waals surface area contributed by atoms with E-state index in [-0.39, 0.29) is 27.3 Å². The fraction of sp³-hybridized carbons (Fsp3) is 1.00. The Kier molecular flexibility index (Phi) is 18.1. The van der Waals surface area contributed by atoms with Crippen LogP contribution >= 0.6 is 0 Å². The number of rotatable bonds is 0. The maximum atomic E-state index is 9.15. The second kappa shape index (κ2) is 17.9. The Labute approximate surface area is 187 Å². The molecule has 0 spiro atoms. The molecule has 0 aromatic rings. The van der Waals surface area contributed by atoms with E-state index in [0.29, 0.717) is 52.9 Å². The Bertz CT molecular complexity index is 282. The molecule has 3 aliphatic heterocycles. The van der Waals surface area contributed by atoms with Crippen molar-refractivity contribution in [1.82, 2.24) is 10.6 Å². The Hall–Kier alpha value is 0.282. The van der Waals surface area contributed by atoms with E-state index in [1.165, 1.54) is 0 Å². The van der Waals surface area contributed by atoms with E-state index in [1.807, 2.05) is 0 Å². The third-order valence-corrected chi connectivity index (χ3v) is 2.83. The van der Waals surface area contributed by atoms with Gasteiger partial charge in [0.15, 0.2) is 0 Å². The van der Waals surface area contributed by atoms with Gasteiger partial charge in [-0.15, -0.1) is 0 Å². The van der Waals surface area contributed by atoms with Crippen LogP contribution in [-0.2, 0) is 38.9 Å². The van der Waals surface area contributed by atoms with Crippen molar-refractivity contribution in [3.05, 3.63) is 20.8 Å². The third-order valence-electron chi connectivity index (χ3n) is 2.83. The van der Waals surface area contributed by atoms with Crippen LogP contribution in [0.25, 0.3) is 0 Å². The second-order valence-electron chi connectivity index (χ2n) is 5.14. The molecule has 0 bridgehead atoms. The number of nitrogens with one attached hydrogen (secondary N) is 2. The summed E-state index contributed by atoms with van der Waals surface area (Å²) in [4.78, 5) is 12.9. The molecule has 3 fully saturated rings. The quantitative estimate of drug-likeness (QED) is 0.0988. The molecule has 2 radical (unpaired) electrons. The van der Waals surface area contributed by atoms with Gasteiger partial charge in [0, 0.05) is 26.2 Å². The smallest absolute Gasteiger partial charge is 0.557 e. The van der Waals surface area contributed by atoms with E-state index >= 15 is 0 Å². The van der Waals surface area contributed by atoms with Crippen LogP contribution < -0.4 is 10.6 Å². The minimum atomic E-state index is -2.25. The molecular weight excluding hydrogens is 599 g/mol. The summed E-state index contributed by atoms with van der Waals surface area (Å²) >= 11 is 0. The average Bonchev–Trinajstić information content (AvgIpc) is 3.55. The van der Waals surface area contributed by atoms with Gasteiger partial charge in [0.2, 0.25) is 0 Å². The molecule has 0 unspecified atom stereocenters. The van der Waals surface area contributed by atoms with E-state index in [1.54, 1.807) is 0 Å². The minimum absolute atomic E-state index is 0. The average molecular weight is 626 g/mol. The minimum Gasteiger partial charge on any atom is -0.557 e. The molecule has 3 heterocycles. The van der Waals surface area contributed by atoms with Gasteiger partial charge in [0.25, 0.3) is 0 Å². The Morgan fingerprint density at radius 3 is 0.828 bits per heavy atom. The van der Waals surface area contributed by atoms with Gasteiger partial charge in [-0.05, 0) is 10.3 Å². The van der Waals surface area contributed by atoms with Crippen molar-refractivity contribution < 1.29 is 49.2 Å². The molecule has 16 nitrogen and oxygen atoms in total. The van der Waals surface area contributed by atoms with Crippen molar-refractivity contribution >= 4 is 27.3 Å². The molecule has 2 N–H and O–H groups in total. The fourth-order valence-electron chi connectivity index (χ4n) is 1.53. The number of ether oxygens (including phenoxy) is 4. The molecule has 3 saturated heterocycles. The molecule has 3 aliphatic rings. The molecule has 3 rings (SSSR count). The largest absolute Gasteiger partial charge is 2.00 e. The topological polar surface area (TPSA) is 203 Å². The summed E-state index contributed by atoms with van der Waals surface area (Å²) in [7, 11) is 0. The van der Waals surface area contributed by atoms with Crippen LogP contribution in [0, 0.1) is 20.8 Å². The summed E-state index contributed by atoms with van der Waals surface area (Å²) in [5.41, 5.74) is 0. The predicted molar refractivity (Wildman–Crippen MR) is 93.1 cm³/mol. The van der Waals surface area contributed by atoms with Crippen LogP contribution in [0.3, 0.4) is 0 Å². The molecule has 0 aromatic carbocycles. The summed E-state index contributed by atoms with van der Waals surface area (Å²) in [5, 5.41) is 38.6. The van der Waals surface area contributed by atoms with E-state index in [4.69, 9.17) is 39.8 Å². The molecule has 0 amide bonds. The maximum Gasteiger partial charge on any atom is 2.00 e. The van der Waals surface area contributed by atoms with Crippen LogP contribution in [0.1, 0.15) is 0 Å². The number of hydrogen-bond donors (Lipinski definition) is 2. The fourth-order valence-corrected chi connectivity index (χ4v) is 1.53. The van der Waals surface area contributed by atoms with Gasteiger partial charge >= 0.3 is 27.3 Å². The molecule has 0 atom stereocenters. The van der Waals surface area contributed by atoms with E-state index in [9.17, 15) is 0 Å². The van der Waals surface area contributed by atoms with Crippen LogP contribution in [0.5, 0.6) is 0 Å². The molecule has 17 heteroatoms. The van der Waals surface area contributed by atoms with Crippen molar-refractivity contribution in [1.29, 1.82) is 0 Å². The number of quaternary nitrogens is 2. The first-order chi connectivity index (χ1) is 13.4. The van der Waals surface area contributed by atoms with Gasteiger partial charge in [-0.25, -0.2) is 0 Å². The summed E-state index contributed by atoms with van der Waals surface area (Å²) in [6.07, 6.45) is 0. The molecule has 0 saturated carbocycles. The Morgan fingerprint density at radius 2 is 0.655 bits per heavy atom. The second-order valence-corrected chi connectivity index (χ2v) is 5.14. The van der Waals surface area contributed by atoms with Crippen LogP contribution in [-0.4, -0.2) is 117 Å². The number of nitrogens with zero attached hydrogens (tertiary/aromatic N) is 2. The Balaban J connectivity index is 0.000000575. The maximum absolute atomic E-state index is 9.15. The summed E-state index contributed by atoms with van der Waals surface area (Å²) in [6.45, 7) is 8.86. The predicted octanol–water partition coefficient (Wildman–Crippen LogP) is -1.95. The van der Waals surface area contributed by atoms with Gasteiger partial charge in [0.1, 0.15) is 0 Å². The van der Waals surface area contributed by atoms with Crippen molar-refractivity contribution in [2.24, 2.45) is 0 Å². The van der Waals surface area contributed by atoms with E-state index < -0.39 is 10.3 Å². The molecule has 170 valence electrons. The summed E-state index contributed by atoms with van der Waals surface area (Å²) in [6, 6.07) is 0. The molecule has 0 aromatic heterocycles. The summed E-state index contributed by atoms with van der Waals surface area (Å²) in [5.74, 6) is 0. The van der Waals surface area contributed by atoms with Gasteiger partial charge in [0.05, 0.1) is 72.8 Å². The van der Waals surface area contributed by atoms with Crippen molar-refractivity contribution in [3.8, 4) is 0 Å². The van der Waals surface area contributed by atoms with Gasteiger partial charge in [-0.1, -0.05) is 0 Å². The van der Waals surface area contributed by atoms with Crippen molar-refractivity contribution in [2.45, 2.75) is 0 Å². The molecular formula is C12H26N4O12Pb. The summed E-state index contributed by atoms with van der Waals surface area (Å²) < 4.78 is 21.6. The standard InChI is InChI=1S/C12H26N2O4.2NO4.Pb/c1-5-15-9-10-17-7-3-14-4-8-18-12-11-16-6-2-13-1;2*2-1(3)4-5-1;/h13-14H,1-12H2;;;/q;2*-1;+2. The van der Waals surface area contributed by atoms with Crippen LogP contribution in [0.15, 0.2) is 0 Å². The SMILES string of the molecule is C1COCCOCCNCCOCCOCCN1.[O-][N+]1([O-])OO1.[O-][N+]1([O-])OO1.[Pb+2]. The van der Waals surface area contributed by atoms with E-state index in [0.717, 1.165) is 26.2 Å². The molecule has 29 heavy (non-hydrogen) atoms. The first-order valence-electron chi connectivity index (χ1n) is 8.52. The molecule has 0 aliphatic carbocycles. The van der Waals surface area contributed by atoms with Gasteiger partial charge in [-0.3, -0.25) is 0 Å². The monoisotopic (exact) mass is 626 g/mol. The number of hydrogen-bond acceptors (Lipinski definition) is 14. The zero-order valence-corrected chi connectivity index (χ0v) is 19.7. The van der Waals surface area contributed by atoms with Gasteiger partial charge < -0.3 is 50.4 Å². The first-order valence-corrected chi connectivity index (χ1v) is 8.52. The third kappa shape index (κ3) is 24.4. The van der Waals surface area contributed by atoms with Gasteiger partial charge in [-0.2, -0.15) is 0 Å². The normalized spacial score (nSPS) is 25.2.